The van der Waals surface area contributed by atoms with Crippen LogP contribution in [0.5, 0.6) is 0 Å². The van der Waals surface area contributed by atoms with E-state index >= 15 is 0 Å². The highest BCUT2D eigenvalue weighted by Gasteiger charge is 2.39. The van der Waals surface area contributed by atoms with Gasteiger partial charge in [0, 0.05) is 43.6 Å². The summed E-state index contributed by atoms with van der Waals surface area (Å²) in [6.45, 7) is 6.23. The molecule has 1 saturated carbocycles. The number of amides is 1. The zero-order valence-corrected chi connectivity index (χ0v) is 17.5. The Bertz CT molecular complexity index is 883. The fourth-order valence-corrected chi connectivity index (χ4v) is 4.24. The van der Waals surface area contributed by atoms with E-state index in [-0.39, 0.29) is 22.5 Å². The van der Waals surface area contributed by atoms with Crippen LogP contribution in [0.1, 0.15) is 42.1 Å². The van der Waals surface area contributed by atoms with E-state index in [0.717, 1.165) is 19.6 Å². The number of hydrogen-bond donors (Lipinski definition) is 2. The Hall–Kier alpha value is -2.11. The number of carbonyl (C=O) groups excluding carboxylic acids is 1. The molecular formula is C23H27ClFN3O. The maximum atomic E-state index is 14.6. The lowest BCUT2D eigenvalue weighted by Crippen LogP contribution is -2.51. The monoisotopic (exact) mass is 415 g/mol. The Balaban J connectivity index is 1.28. The van der Waals surface area contributed by atoms with Crippen molar-refractivity contribution in [3.8, 4) is 0 Å². The molecule has 2 fully saturated rings. The van der Waals surface area contributed by atoms with Gasteiger partial charge in [0.2, 0.25) is 0 Å². The zero-order chi connectivity index (χ0) is 20.5. The molecule has 29 heavy (non-hydrogen) atoms. The predicted octanol–water partition coefficient (Wildman–Crippen LogP) is 4.20. The molecule has 0 aromatic heterocycles. The normalized spacial score (nSPS) is 21.2. The van der Waals surface area contributed by atoms with Crippen molar-refractivity contribution in [3.05, 3.63) is 64.4 Å². The number of hydrogen-bond acceptors (Lipinski definition) is 3. The van der Waals surface area contributed by atoms with Crippen LogP contribution in [0.2, 0.25) is 5.02 Å². The second-order valence-corrected chi connectivity index (χ2v) is 8.86. The number of nitrogens with one attached hydrogen (secondary N) is 2. The average Bonchev–Trinajstić information content (AvgIpc) is 3.42. The van der Waals surface area contributed by atoms with Crippen LogP contribution in [-0.2, 0) is 0 Å². The summed E-state index contributed by atoms with van der Waals surface area (Å²) in [6.07, 6.45) is 1.19. The molecule has 1 heterocycles. The van der Waals surface area contributed by atoms with E-state index in [1.54, 1.807) is 6.07 Å². The molecule has 1 aliphatic heterocycles. The van der Waals surface area contributed by atoms with Crippen molar-refractivity contribution < 1.29 is 9.18 Å². The molecule has 2 aromatic rings. The molecule has 1 amide bonds. The molecule has 1 saturated heterocycles. The maximum Gasteiger partial charge on any atom is 0.253 e. The van der Waals surface area contributed by atoms with Crippen LogP contribution >= 0.6 is 11.6 Å². The number of nitrogens with zero attached hydrogens (tertiary/aromatic N) is 1. The first-order valence-electron chi connectivity index (χ1n) is 10.3. The lowest BCUT2D eigenvalue weighted by atomic mass is 9.98. The Morgan fingerprint density at radius 3 is 2.66 bits per heavy atom. The zero-order valence-electron chi connectivity index (χ0n) is 16.8. The number of rotatable bonds is 7. The molecule has 0 bridgehead atoms. The maximum absolute atomic E-state index is 14.6. The fraction of sp³-hybridized carbons (Fsp3) is 0.435. The van der Waals surface area contributed by atoms with Crippen LogP contribution in [0.4, 0.5) is 10.1 Å². The van der Waals surface area contributed by atoms with Crippen molar-refractivity contribution in [1.82, 2.24) is 10.6 Å². The van der Waals surface area contributed by atoms with Crippen molar-refractivity contribution in [2.45, 2.75) is 38.3 Å². The molecule has 0 radical (unpaired) electrons. The Kier molecular flexibility index (Phi) is 5.79. The average molecular weight is 416 g/mol. The lowest BCUT2D eigenvalue weighted by molar-refractivity contribution is 0.0943. The van der Waals surface area contributed by atoms with Crippen LogP contribution < -0.4 is 15.5 Å². The van der Waals surface area contributed by atoms with E-state index in [9.17, 15) is 9.18 Å². The van der Waals surface area contributed by atoms with Gasteiger partial charge in [0.25, 0.3) is 5.91 Å². The number of halogens is 2. The van der Waals surface area contributed by atoms with Gasteiger partial charge in [-0.2, -0.15) is 0 Å². The highest BCUT2D eigenvalue weighted by molar-refractivity contribution is 6.34. The molecule has 2 aromatic carbocycles. The van der Waals surface area contributed by atoms with Crippen molar-refractivity contribution >= 4 is 23.2 Å². The first-order valence-corrected chi connectivity index (χ1v) is 10.6. The molecule has 6 heteroatoms. The van der Waals surface area contributed by atoms with Crippen molar-refractivity contribution in [3.63, 3.8) is 0 Å². The van der Waals surface area contributed by atoms with Crippen LogP contribution in [0, 0.1) is 11.7 Å². The summed E-state index contributed by atoms with van der Waals surface area (Å²) in [5.74, 6) is 0.363. The van der Waals surface area contributed by atoms with Gasteiger partial charge in [0.1, 0.15) is 5.82 Å². The Labute approximate surface area is 176 Å². The van der Waals surface area contributed by atoms with Crippen LogP contribution in [-0.4, -0.2) is 37.6 Å². The largest absolute Gasteiger partial charge is 0.368 e. The first kappa shape index (κ1) is 20.2. The van der Waals surface area contributed by atoms with Crippen molar-refractivity contribution in [2.75, 3.05) is 24.5 Å². The Morgan fingerprint density at radius 2 is 1.97 bits per heavy atom. The molecule has 4 nitrogen and oxygen atoms in total. The van der Waals surface area contributed by atoms with Gasteiger partial charge in [-0.1, -0.05) is 41.9 Å². The van der Waals surface area contributed by atoms with Gasteiger partial charge in [0.05, 0.1) is 16.3 Å². The van der Waals surface area contributed by atoms with E-state index in [1.165, 1.54) is 18.1 Å². The van der Waals surface area contributed by atoms with Crippen molar-refractivity contribution in [1.29, 1.82) is 0 Å². The quantitative estimate of drug-likeness (QED) is 0.712. The standard InChI is InChI=1S/C23H27ClFN3O/c1-14(2)27-23(29)18-8-20(25)22(10-19(18)24)28-12-15(13-28)11-26-21-9-17(21)16-6-4-3-5-7-16/h3-8,10,14-15,17,21,26H,9,11-13H2,1-2H3,(H,27,29)/t17-,21+/m0/s1. The molecule has 2 atom stereocenters. The fourth-order valence-electron chi connectivity index (χ4n) is 4.00. The topological polar surface area (TPSA) is 44.4 Å². The lowest BCUT2D eigenvalue weighted by Gasteiger charge is -2.41. The highest BCUT2D eigenvalue weighted by atomic mass is 35.5. The Morgan fingerprint density at radius 1 is 1.24 bits per heavy atom. The molecule has 154 valence electrons. The summed E-state index contributed by atoms with van der Waals surface area (Å²) in [7, 11) is 0. The number of carbonyl (C=O) groups is 1. The van der Waals surface area contributed by atoms with Gasteiger partial charge in [0.15, 0.2) is 0 Å². The van der Waals surface area contributed by atoms with Gasteiger partial charge < -0.3 is 15.5 Å². The smallest absolute Gasteiger partial charge is 0.253 e. The summed E-state index contributed by atoms with van der Waals surface area (Å²) in [6, 6.07) is 13.9. The molecule has 2 N–H and O–H groups in total. The van der Waals surface area contributed by atoms with E-state index in [1.807, 2.05) is 24.8 Å². The van der Waals surface area contributed by atoms with Crippen LogP contribution in [0.25, 0.3) is 0 Å². The molecule has 1 aliphatic carbocycles. The molecular weight excluding hydrogens is 389 g/mol. The van der Waals surface area contributed by atoms with Crippen LogP contribution in [0.3, 0.4) is 0 Å². The van der Waals surface area contributed by atoms with Gasteiger partial charge in [-0.25, -0.2) is 4.39 Å². The number of benzene rings is 2. The minimum atomic E-state index is -0.402. The summed E-state index contributed by atoms with van der Waals surface area (Å²) in [5.41, 5.74) is 2.06. The third kappa shape index (κ3) is 4.57. The van der Waals surface area contributed by atoms with Crippen LogP contribution in [0.15, 0.2) is 42.5 Å². The summed E-state index contributed by atoms with van der Waals surface area (Å²) >= 11 is 6.26. The van der Waals surface area contributed by atoms with E-state index in [0.29, 0.717) is 23.6 Å². The third-order valence-electron chi connectivity index (χ3n) is 5.69. The minimum Gasteiger partial charge on any atom is -0.368 e. The summed E-state index contributed by atoms with van der Waals surface area (Å²) in [4.78, 5) is 14.1. The van der Waals surface area contributed by atoms with Gasteiger partial charge in [-0.05, 0) is 38.0 Å². The first-order chi connectivity index (χ1) is 13.9. The molecule has 0 unspecified atom stereocenters. The third-order valence-corrected chi connectivity index (χ3v) is 6.00. The van der Waals surface area contributed by atoms with Gasteiger partial charge in [-0.15, -0.1) is 0 Å². The predicted molar refractivity (Wildman–Crippen MR) is 115 cm³/mol. The summed E-state index contributed by atoms with van der Waals surface area (Å²) < 4.78 is 14.6. The SMILES string of the molecule is CC(C)NC(=O)c1cc(F)c(N2CC(CN[C@@H]3C[C@H]3c3ccccc3)C2)cc1Cl. The number of anilines is 1. The van der Waals surface area contributed by atoms with E-state index in [4.69, 9.17) is 11.6 Å². The highest BCUT2D eigenvalue weighted by Crippen LogP contribution is 2.41. The van der Waals surface area contributed by atoms with Crippen molar-refractivity contribution in [2.24, 2.45) is 5.92 Å². The molecule has 2 aliphatic rings. The van der Waals surface area contributed by atoms with Gasteiger partial charge >= 0.3 is 0 Å². The molecule has 4 rings (SSSR count). The molecule has 0 spiro atoms. The minimum absolute atomic E-state index is 0.0297. The van der Waals surface area contributed by atoms with Gasteiger partial charge in [-0.3, -0.25) is 4.79 Å². The second-order valence-electron chi connectivity index (χ2n) is 8.45. The van der Waals surface area contributed by atoms with E-state index in [2.05, 4.69) is 34.9 Å². The second kappa shape index (κ2) is 8.33. The summed E-state index contributed by atoms with van der Waals surface area (Å²) in [5, 5.41) is 6.68. The van der Waals surface area contributed by atoms with E-state index < -0.39 is 5.82 Å².